The van der Waals surface area contributed by atoms with Crippen LogP contribution in [-0.2, 0) is 9.53 Å². The molecule has 1 atom stereocenters. The highest BCUT2D eigenvalue weighted by molar-refractivity contribution is 5.69. The zero-order valence-electron chi connectivity index (χ0n) is 11.4. The van der Waals surface area contributed by atoms with Crippen molar-refractivity contribution >= 4 is 5.97 Å². The first-order chi connectivity index (χ1) is 7.41. The van der Waals surface area contributed by atoms with Crippen molar-refractivity contribution in [2.45, 2.75) is 53.6 Å². The van der Waals surface area contributed by atoms with Crippen LogP contribution in [0.2, 0.25) is 0 Å². The second-order valence-corrected chi connectivity index (χ2v) is 5.29. The van der Waals surface area contributed by atoms with Crippen LogP contribution >= 0.6 is 0 Å². The van der Waals surface area contributed by atoms with Gasteiger partial charge in [-0.15, -0.1) is 0 Å². The molecule has 0 fully saturated rings. The second kappa shape index (κ2) is 8.57. The molecule has 0 aliphatic heterocycles. The Balaban J connectivity index is 3.50. The predicted molar refractivity (Wildman–Crippen MR) is 67.3 cm³/mol. The molecule has 0 bridgehead atoms. The molecule has 96 valence electrons. The maximum absolute atomic E-state index is 11.4. The van der Waals surface area contributed by atoms with E-state index in [9.17, 15) is 4.79 Å². The van der Waals surface area contributed by atoms with Gasteiger partial charge in [0.15, 0.2) is 0 Å². The van der Waals surface area contributed by atoms with Gasteiger partial charge in [-0.05, 0) is 31.7 Å². The molecular formula is C13H27NO2. The van der Waals surface area contributed by atoms with Gasteiger partial charge in [-0.3, -0.25) is 4.79 Å². The summed E-state index contributed by atoms with van der Waals surface area (Å²) in [5.74, 6) is 0.994. The molecule has 0 aliphatic rings. The highest BCUT2D eigenvalue weighted by Gasteiger charge is 2.10. The Labute approximate surface area is 99.9 Å². The smallest absolute Gasteiger partial charge is 0.306 e. The first-order valence-electron chi connectivity index (χ1n) is 6.32. The summed E-state index contributed by atoms with van der Waals surface area (Å²) in [5, 5.41) is 3.30. The lowest BCUT2D eigenvalue weighted by molar-refractivity contribution is -0.148. The Kier molecular flexibility index (Phi) is 8.26. The van der Waals surface area contributed by atoms with Crippen molar-refractivity contribution in [1.82, 2.24) is 5.32 Å². The van der Waals surface area contributed by atoms with Crippen LogP contribution in [0.1, 0.15) is 47.5 Å². The standard InChI is InChI=1S/C13H27NO2/c1-10(2)6-7-14-9-12(5)16-13(15)8-11(3)4/h10-12,14H,6-9H2,1-5H3. The molecule has 0 saturated carbocycles. The molecule has 0 aromatic carbocycles. The summed E-state index contributed by atoms with van der Waals surface area (Å²) < 4.78 is 5.27. The summed E-state index contributed by atoms with van der Waals surface area (Å²) >= 11 is 0. The Morgan fingerprint density at radius 2 is 1.75 bits per heavy atom. The zero-order valence-corrected chi connectivity index (χ0v) is 11.4. The molecule has 3 nitrogen and oxygen atoms in total. The van der Waals surface area contributed by atoms with Gasteiger partial charge in [-0.2, -0.15) is 0 Å². The summed E-state index contributed by atoms with van der Waals surface area (Å²) in [7, 11) is 0. The maximum atomic E-state index is 11.4. The van der Waals surface area contributed by atoms with Gasteiger partial charge >= 0.3 is 5.97 Å². The van der Waals surface area contributed by atoms with Crippen LogP contribution in [0.15, 0.2) is 0 Å². The van der Waals surface area contributed by atoms with E-state index in [2.05, 4.69) is 19.2 Å². The quantitative estimate of drug-likeness (QED) is 0.513. The van der Waals surface area contributed by atoms with Gasteiger partial charge in [0.1, 0.15) is 6.10 Å². The normalized spacial score (nSPS) is 13.2. The molecule has 0 saturated heterocycles. The number of esters is 1. The van der Waals surface area contributed by atoms with Crippen LogP contribution in [0.4, 0.5) is 0 Å². The van der Waals surface area contributed by atoms with Crippen molar-refractivity contribution in [3.63, 3.8) is 0 Å². The monoisotopic (exact) mass is 229 g/mol. The lowest BCUT2D eigenvalue weighted by Crippen LogP contribution is -2.30. The number of hydrogen-bond donors (Lipinski definition) is 1. The summed E-state index contributed by atoms with van der Waals surface area (Å²) in [4.78, 5) is 11.4. The van der Waals surface area contributed by atoms with Gasteiger partial charge in [0.2, 0.25) is 0 Å². The van der Waals surface area contributed by atoms with Crippen LogP contribution in [-0.4, -0.2) is 25.2 Å². The van der Waals surface area contributed by atoms with E-state index in [0.29, 0.717) is 18.3 Å². The van der Waals surface area contributed by atoms with Crippen LogP contribution in [0.3, 0.4) is 0 Å². The molecule has 0 spiro atoms. The van der Waals surface area contributed by atoms with Crippen molar-refractivity contribution in [1.29, 1.82) is 0 Å². The number of hydrogen-bond acceptors (Lipinski definition) is 3. The Hall–Kier alpha value is -0.570. The third-order valence-corrected chi connectivity index (χ3v) is 2.24. The Morgan fingerprint density at radius 3 is 2.25 bits per heavy atom. The lowest BCUT2D eigenvalue weighted by atomic mass is 10.1. The highest BCUT2D eigenvalue weighted by Crippen LogP contribution is 2.03. The maximum Gasteiger partial charge on any atom is 0.306 e. The fourth-order valence-electron chi connectivity index (χ4n) is 1.34. The number of carbonyl (C=O) groups is 1. The second-order valence-electron chi connectivity index (χ2n) is 5.29. The average molecular weight is 229 g/mol. The Morgan fingerprint density at radius 1 is 1.12 bits per heavy atom. The van der Waals surface area contributed by atoms with Crippen LogP contribution in [0, 0.1) is 11.8 Å². The molecule has 1 unspecified atom stereocenters. The molecule has 0 aromatic heterocycles. The number of nitrogens with one attached hydrogen (secondary N) is 1. The van der Waals surface area contributed by atoms with Crippen molar-refractivity contribution in [3.05, 3.63) is 0 Å². The van der Waals surface area contributed by atoms with E-state index in [4.69, 9.17) is 4.74 Å². The molecule has 16 heavy (non-hydrogen) atoms. The Bertz CT molecular complexity index is 190. The van der Waals surface area contributed by atoms with Crippen molar-refractivity contribution in [3.8, 4) is 0 Å². The zero-order chi connectivity index (χ0) is 12.6. The van der Waals surface area contributed by atoms with Crippen molar-refractivity contribution < 1.29 is 9.53 Å². The third-order valence-electron chi connectivity index (χ3n) is 2.24. The van der Waals surface area contributed by atoms with E-state index in [0.717, 1.165) is 19.5 Å². The number of ether oxygens (including phenoxy) is 1. The van der Waals surface area contributed by atoms with Crippen LogP contribution in [0.5, 0.6) is 0 Å². The first kappa shape index (κ1) is 15.4. The average Bonchev–Trinajstić information content (AvgIpc) is 2.10. The van der Waals surface area contributed by atoms with Gasteiger partial charge in [-0.25, -0.2) is 0 Å². The fraction of sp³-hybridized carbons (Fsp3) is 0.923. The van der Waals surface area contributed by atoms with E-state index >= 15 is 0 Å². The van der Waals surface area contributed by atoms with E-state index in [1.54, 1.807) is 0 Å². The van der Waals surface area contributed by atoms with Gasteiger partial charge in [0, 0.05) is 13.0 Å². The molecular weight excluding hydrogens is 202 g/mol. The van der Waals surface area contributed by atoms with Crippen LogP contribution in [0.25, 0.3) is 0 Å². The lowest BCUT2D eigenvalue weighted by Gasteiger charge is -2.15. The van der Waals surface area contributed by atoms with E-state index in [1.807, 2.05) is 20.8 Å². The third kappa shape index (κ3) is 9.97. The molecule has 0 radical (unpaired) electrons. The summed E-state index contributed by atoms with van der Waals surface area (Å²) in [6.07, 6.45) is 1.64. The summed E-state index contributed by atoms with van der Waals surface area (Å²) in [5.41, 5.74) is 0. The number of rotatable bonds is 8. The molecule has 1 N–H and O–H groups in total. The minimum atomic E-state index is -0.0897. The van der Waals surface area contributed by atoms with Crippen molar-refractivity contribution in [2.75, 3.05) is 13.1 Å². The van der Waals surface area contributed by atoms with Gasteiger partial charge in [0.05, 0.1) is 0 Å². The van der Waals surface area contributed by atoms with E-state index in [-0.39, 0.29) is 12.1 Å². The molecule has 0 heterocycles. The first-order valence-corrected chi connectivity index (χ1v) is 6.32. The summed E-state index contributed by atoms with van der Waals surface area (Å²) in [6.45, 7) is 12.1. The fourth-order valence-corrected chi connectivity index (χ4v) is 1.34. The minimum absolute atomic E-state index is 0.0292. The largest absolute Gasteiger partial charge is 0.461 e. The predicted octanol–water partition coefficient (Wildman–Crippen LogP) is 2.60. The molecule has 0 aromatic rings. The van der Waals surface area contributed by atoms with Gasteiger partial charge in [-0.1, -0.05) is 27.7 Å². The highest BCUT2D eigenvalue weighted by atomic mass is 16.5. The molecule has 0 rings (SSSR count). The van der Waals surface area contributed by atoms with Crippen molar-refractivity contribution in [2.24, 2.45) is 11.8 Å². The number of carbonyl (C=O) groups excluding carboxylic acids is 1. The molecule has 0 aliphatic carbocycles. The SMILES string of the molecule is CC(C)CCNCC(C)OC(=O)CC(C)C. The van der Waals surface area contributed by atoms with Crippen LogP contribution < -0.4 is 5.32 Å². The van der Waals surface area contributed by atoms with Gasteiger partial charge < -0.3 is 10.1 Å². The van der Waals surface area contributed by atoms with E-state index < -0.39 is 0 Å². The van der Waals surface area contributed by atoms with Gasteiger partial charge in [0.25, 0.3) is 0 Å². The molecule has 3 heteroatoms. The minimum Gasteiger partial charge on any atom is -0.461 e. The topological polar surface area (TPSA) is 38.3 Å². The summed E-state index contributed by atoms with van der Waals surface area (Å²) in [6, 6.07) is 0. The molecule has 0 amide bonds. The van der Waals surface area contributed by atoms with E-state index in [1.165, 1.54) is 0 Å².